The van der Waals surface area contributed by atoms with Crippen molar-refractivity contribution < 1.29 is 9.53 Å². The number of halogens is 1. The zero-order chi connectivity index (χ0) is 23.0. The zero-order valence-corrected chi connectivity index (χ0v) is 22.1. The number of aryl methyl sites for hydroxylation is 1. The summed E-state index contributed by atoms with van der Waals surface area (Å²) in [4.78, 5) is 17.6. The lowest BCUT2D eigenvalue weighted by Gasteiger charge is -2.30. The molecule has 0 atom stereocenters. The molecule has 1 aromatic heterocycles. The maximum absolute atomic E-state index is 12.9. The van der Waals surface area contributed by atoms with E-state index < -0.39 is 0 Å². The molecule has 32 heavy (non-hydrogen) atoms. The molecule has 0 radical (unpaired) electrons. The quantitative estimate of drug-likeness (QED) is 0.372. The van der Waals surface area contributed by atoms with Gasteiger partial charge in [-0.25, -0.2) is 0 Å². The molecule has 3 heterocycles. The number of thiocarbonyl (C=S) groups is 1. The standard InChI is InChI=1S/C24H28BrN3O2S2/c1-15(2)14-27-23(29)22(32-24(27)31)12-18-11-16(3)28(17(18)4)19-5-6-21(20(25)13-19)26-7-9-30-10-8-26/h5-6,11-13,15H,7-10,14H2,1-4H3/b22-12-. The minimum Gasteiger partial charge on any atom is -0.378 e. The van der Waals surface area contributed by atoms with Gasteiger partial charge in [-0.15, -0.1) is 0 Å². The molecule has 0 spiro atoms. The summed E-state index contributed by atoms with van der Waals surface area (Å²) in [6, 6.07) is 8.62. The predicted molar refractivity (Wildman–Crippen MR) is 141 cm³/mol. The average molecular weight is 535 g/mol. The molecular formula is C24H28BrN3O2S2. The fourth-order valence-electron chi connectivity index (χ4n) is 4.19. The maximum atomic E-state index is 12.9. The molecule has 170 valence electrons. The van der Waals surface area contributed by atoms with Crippen LogP contribution in [0.3, 0.4) is 0 Å². The van der Waals surface area contributed by atoms with Crippen LogP contribution in [-0.4, -0.2) is 52.5 Å². The van der Waals surface area contributed by atoms with E-state index in [-0.39, 0.29) is 5.91 Å². The van der Waals surface area contributed by atoms with E-state index in [0.717, 1.165) is 53.4 Å². The number of thioether (sulfide) groups is 1. The summed E-state index contributed by atoms with van der Waals surface area (Å²) in [5.41, 5.74) is 5.55. The van der Waals surface area contributed by atoms with Crippen LogP contribution < -0.4 is 4.90 Å². The van der Waals surface area contributed by atoms with Gasteiger partial charge in [0.1, 0.15) is 4.32 Å². The summed E-state index contributed by atoms with van der Waals surface area (Å²) in [5, 5.41) is 0. The van der Waals surface area contributed by atoms with Crippen LogP contribution >= 0.6 is 39.9 Å². The first-order valence-corrected chi connectivity index (χ1v) is 12.8. The van der Waals surface area contributed by atoms with Gasteiger partial charge in [0.25, 0.3) is 5.91 Å². The number of carbonyl (C=O) groups is 1. The molecule has 2 aliphatic rings. The van der Waals surface area contributed by atoms with Gasteiger partial charge in [-0.2, -0.15) is 0 Å². The van der Waals surface area contributed by atoms with E-state index in [2.05, 4.69) is 77.4 Å². The molecule has 8 heteroatoms. The van der Waals surface area contributed by atoms with E-state index in [0.29, 0.717) is 21.7 Å². The second-order valence-electron chi connectivity index (χ2n) is 8.58. The first-order chi connectivity index (χ1) is 15.3. The SMILES string of the molecule is Cc1cc(/C=C2\SC(=S)N(CC(C)C)C2=O)c(C)n1-c1ccc(N2CCOCC2)c(Br)c1. The second-order valence-corrected chi connectivity index (χ2v) is 11.1. The number of anilines is 1. The van der Waals surface area contributed by atoms with Gasteiger partial charge >= 0.3 is 0 Å². The Hall–Kier alpha value is -1.61. The van der Waals surface area contributed by atoms with E-state index in [1.54, 1.807) is 4.90 Å². The van der Waals surface area contributed by atoms with Crippen LogP contribution in [0.1, 0.15) is 30.8 Å². The van der Waals surface area contributed by atoms with Crippen molar-refractivity contribution in [2.75, 3.05) is 37.7 Å². The van der Waals surface area contributed by atoms with Crippen molar-refractivity contribution in [3.05, 3.63) is 50.6 Å². The number of nitrogens with zero attached hydrogens (tertiary/aromatic N) is 3. The van der Waals surface area contributed by atoms with Crippen LogP contribution in [0.2, 0.25) is 0 Å². The number of aromatic nitrogens is 1. The number of hydrogen-bond donors (Lipinski definition) is 0. The number of rotatable bonds is 5. The molecule has 5 nitrogen and oxygen atoms in total. The van der Waals surface area contributed by atoms with Gasteiger partial charge in [-0.1, -0.05) is 37.8 Å². The largest absolute Gasteiger partial charge is 0.378 e. The summed E-state index contributed by atoms with van der Waals surface area (Å²) in [5.74, 6) is 0.386. The van der Waals surface area contributed by atoms with Crippen LogP contribution in [0.15, 0.2) is 33.6 Å². The highest BCUT2D eigenvalue weighted by atomic mass is 79.9. The number of morpholine rings is 1. The van der Waals surface area contributed by atoms with Gasteiger partial charge in [0.15, 0.2) is 0 Å². The average Bonchev–Trinajstić information content (AvgIpc) is 3.17. The van der Waals surface area contributed by atoms with E-state index in [1.165, 1.54) is 17.4 Å². The first-order valence-electron chi connectivity index (χ1n) is 10.8. The van der Waals surface area contributed by atoms with E-state index in [4.69, 9.17) is 17.0 Å². The van der Waals surface area contributed by atoms with Crippen LogP contribution in [0.5, 0.6) is 0 Å². The molecule has 0 saturated carbocycles. The number of amides is 1. The van der Waals surface area contributed by atoms with Crippen LogP contribution in [0.4, 0.5) is 5.69 Å². The minimum atomic E-state index is 0.0103. The van der Waals surface area contributed by atoms with Gasteiger partial charge < -0.3 is 14.2 Å². The van der Waals surface area contributed by atoms with Gasteiger partial charge in [-0.05, 0) is 71.6 Å². The van der Waals surface area contributed by atoms with Crippen molar-refractivity contribution in [2.24, 2.45) is 5.92 Å². The Morgan fingerprint density at radius 1 is 1.22 bits per heavy atom. The zero-order valence-electron chi connectivity index (χ0n) is 18.9. The fraction of sp³-hybridized carbons (Fsp3) is 0.417. The number of benzene rings is 1. The molecule has 0 bridgehead atoms. The molecule has 0 unspecified atom stereocenters. The third-order valence-electron chi connectivity index (χ3n) is 5.72. The summed E-state index contributed by atoms with van der Waals surface area (Å²) in [6.07, 6.45) is 1.98. The van der Waals surface area contributed by atoms with E-state index in [1.807, 2.05) is 6.08 Å². The van der Waals surface area contributed by atoms with Crippen LogP contribution in [0.25, 0.3) is 11.8 Å². The van der Waals surface area contributed by atoms with Crippen molar-refractivity contribution >= 4 is 61.9 Å². The Labute approximate surface area is 207 Å². The monoisotopic (exact) mass is 533 g/mol. The Balaban J connectivity index is 1.63. The van der Waals surface area contributed by atoms with E-state index in [9.17, 15) is 4.79 Å². The highest BCUT2D eigenvalue weighted by molar-refractivity contribution is 9.10. The Morgan fingerprint density at radius 2 is 1.94 bits per heavy atom. The van der Waals surface area contributed by atoms with Crippen LogP contribution in [0, 0.1) is 19.8 Å². The molecule has 0 aliphatic carbocycles. The van der Waals surface area contributed by atoms with Crippen molar-refractivity contribution in [3.8, 4) is 5.69 Å². The normalized spacial score (nSPS) is 18.5. The Morgan fingerprint density at radius 3 is 2.59 bits per heavy atom. The smallest absolute Gasteiger partial charge is 0.266 e. The third kappa shape index (κ3) is 4.69. The molecule has 2 fully saturated rings. The molecule has 2 aliphatic heterocycles. The highest BCUT2D eigenvalue weighted by Gasteiger charge is 2.32. The van der Waals surface area contributed by atoms with Crippen molar-refractivity contribution in [1.82, 2.24) is 9.47 Å². The number of hydrogen-bond acceptors (Lipinski definition) is 5. The van der Waals surface area contributed by atoms with Crippen LogP contribution in [-0.2, 0) is 9.53 Å². The lowest BCUT2D eigenvalue weighted by Crippen LogP contribution is -2.36. The summed E-state index contributed by atoms with van der Waals surface area (Å²) < 4.78 is 9.42. The second kappa shape index (κ2) is 9.71. The summed E-state index contributed by atoms with van der Waals surface area (Å²) >= 11 is 10.6. The Kier molecular flexibility index (Phi) is 7.14. The molecule has 4 rings (SSSR count). The number of carbonyl (C=O) groups excluding carboxylic acids is 1. The third-order valence-corrected chi connectivity index (χ3v) is 7.73. The van der Waals surface area contributed by atoms with Crippen molar-refractivity contribution in [3.63, 3.8) is 0 Å². The maximum Gasteiger partial charge on any atom is 0.266 e. The topological polar surface area (TPSA) is 37.7 Å². The predicted octanol–water partition coefficient (Wildman–Crippen LogP) is 5.55. The molecule has 0 N–H and O–H groups in total. The lowest BCUT2D eigenvalue weighted by atomic mass is 10.2. The molecule has 2 aromatic rings. The molecular weight excluding hydrogens is 506 g/mol. The highest BCUT2D eigenvalue weighted by Crippen LogP contribution is 2.35. The van der Waals surface area contributed by atoms with Gasteiger partial charge in [0.05, 0.1) is 23.8 Å². The summed E-state index contributed by atoms with van der Waals surface area (Å²) in [6.45, 7) is 12.4. The fourth-order valence-corrected chi connectivity index (χ4v) is 6.07. The molecule has 1 amide bonds. The van der Waals surface area contributed by atoms with E-state index >= 15 is 0 Å². The summed E-state index contributed by atoms with van der Waals surface area (Å²) in [7, 11) is 0. The number of ether oxygens (including phenoxy) is 1. The van der Waals surface area contributed by atoms with Gasteiger partial charge in [0.2, 0.25) is 0 Å². The lowest BCUT2D eigenvalue weighted by molar-refractivity contribution is -0.122. The first kappa shape index (κ1) is 23.5. The Bertz CT molecular complexity index is 1090. The van der Waals surface area contributed by atoms with Crippen molar-refractivity contribution in [1.29, 1.82) is 0 Å². The minimum absolute atomic E-state index is 0.0103. The van der Waals surface area contributed by atoms with Gasteiger partial charge in [0, 0.05) is 41.2 Å². The molecule has 2 saturated heterocycles. The van der Waals surface area contributed by atoms with Gasteiger partial charge in [-0.3, -0.25) is 9.69 Å². The van der Waals surface area contributed by atoms with Crippen molar-refractivity contribution in [2.45, 2.75) is 27.7 Å². The molecule has 1 aromatic carbocycles.